The van der Waals surface area contributed by atoms with Gasteiger partial charge < -0.3 is 20.1 Å². The van der Waals surface area contributed by atoms with Crippen molar-refractivity contribution < 1.29 is 9.47 Å². The van der Waals surface area contributed by atoms with Gasteiger partial charge in [0.1, 0.15) is 0 Å². The number of aliphatic imine (C=N–C) groups is 1. The van der Waals surface area contributed by atoms with Gasteiger partial charge in [-0.1, -0.05) is 12.1 Å². The molecule has 0 unspecified atom stereocenters. The van der Waals surface area contributed by atoms with E-state index in [9.17, 15) is 0 Å². The maximum Gasteiger partial charge on any atom is 0.229 e. The summed E-state index contributed by atoms with van der Waals surface area (Å²) >= 11 is 5.47. The highest BCUT2D eigenvalue weighted by Gasteiger charge is 2.10. The molecule has 0 aliphatic heterocycles. The Balaban J connectivity index is 2.18. The average molecular weight is 417 g/mol. The van der Waals surface area contributed by atoms with Crippen molar-refractivity contribution in [1.29, 1.82) is 0 Å². The molecule has 1 aromatic carbocycles. The number of aryl methyl sites for hydroxylation is 4. The summed E-state index contributed by atoms with van der Waals surface area (Å²) in [6, 6.07) is 8.03. The van der Waals surface area contributed by atoms with E-state index in [1.165, 1.54) is 0 Å². The number of methoxy groups -OCH3 is 2. The molecule has 0 radical (unpaired) electrons. The highest BCUT2D eigenvalue weighted by molar-refractivity contribution is 7.80. The van der Waals surface area contributed by atoms with E-state index in [4.69, 9.17) is 21.7 Å². The molecule has 0 aliphatic rings. The Morgan fingerprint density at radius 2 is 1.69 bits per heavy atom. The lowest BCUT2D eigenvalue weighted by Crippen LogP contribution is -2.40. The molecule has 0 amide bonds. The van der Waals surface area contributed by atoms with Crippen LogP contribution in [-0.2, 0) is 9.47 Å². The van der Waals surface area contributed by atoms with Crippen LogP contribution in [0.15, 0.2) is 29.3 Å². The van der Waals surface area contributed by atoms with E-state index >= 15 is 0 Å². The molecule has 3 N–H and O–H groups in total. The number of aromatic nitrogens is 2. The van der Waals surface area contributed by atoms with Gasteiger partial charge in [0.15, 0.2) is 11.4 Å². The maximum atomic E-state index is 5.47. The molecule has 1 aromatic heterocycles. The standard InChI is InChI=1S/C20H28N6O2S/c1-12-7-8-13(2)16(9-12)24-20(29)26-18(21-11-17(27-5)28-6)25-19-22-14(3)10-15(4)23-19/h7-10,17H,11H2,1-6H3,(H3,21,22,23,24,25,26,29). The number of ether oxygens (including phenoxy) is 2. The molecule has 0 fully saturated rings. The Morgan fingerprint density at radius 3 is 2.31 bits per heavy atom. The fourth-order valence-electron chi connectivity index (χ4n) is 2.54. The zero-order valence-corrected chi connectivity index (χ0v) is 18.5. The summed E-state index contributed by atoms with van der Waals surface area (Å²) in [6.07, 6.45) is -0.477. The molecule has 156 valence electrons. The highest BCUT2D eigenvalue weighted by atomic mass is 32.1. The SMILES string of the molecule is COC(CN=C(NC(=S)Nc1cc(C)ccc1C)Nc1nc(C)cc(C)n1)OC. The van der Waals surface area contributed by atoms with Crippen LogP contribution < -0.4 is 16.0 Å². The molecule has 0 atom stereocenters. The van der Waals surface area contributed by atoms with E-state index in [1.807, 2.05) is 45.9 Å². The summed E-state index contributed by atoms with van der Waals surface area (Å²) in [4.78, 5) is 13.3. The van der Waals surface area contributed by atoms with Crippen LogP contribution in [0.3, 0.4) is 0 Å². The first-order valence-corrected chi connectivity index (χ1v) is 9.56. The molecule has 0 spiro atoms. The number of thiocarbonyl (C=S) groups is 1. The lowest BCUT2D eigenvalue weighted by molar-refractivity contribution is -0.0937. The first-order chi connectivity index (χ1) is 13.8. The number of hydrogen-bond donors (Lipinski definition) is 3. The van der Waals surface area contributed by atoms with Crippen molar-refractivity contribution in [2.75, 3.05) is 31.4 Å². The van der Waals surface area contributed by atoms with Gasteiger partial charge >= 0.3 is 0 Å². The molecule has 0 saturated carbocycles. The second kappa shape index (κ2) is 10.8. The van der Waals surface area contributed by atoms with Crippen LogP contribution in [0.1, 0.15) is 22.5 Å². The number of benzene rings is 1. The van der Waals surface area contributed by atoms with E-state index in [-0.39, 0.29) is 6.54 Å². The van der Waals surface area contributed by atoms with Gasteiger partial charge in [-0.3, -0.25) is 5.32 Å². The third-order valence-corrected chi connectivity index (χ3v) is 4.21. The maximum absolute atomic E-state index is 5.47. The predicted octanol–water partition coefficient (Wildman–Crippen LogP) is 3.08. The third kappa shape index (κ3) is 7.37. The molecular weight excluding hydrogens is 388 g/mol. The van der Waals surface area contributed by atoms with Crippen molar-refractivity contribution in [3.05, 3.63) is 46.8 Å². The number of hydrogen-bond acceptors (Lipinski definition) is 6. The van der Waals surface area contributed by atoms with Gasteiger partial charge in [0.2, 0.25) is 11.9 Å². The van der Waals surface area contributed by atoms with Crippen LogP contribution in [0.4, 0.5) is 11.6 Å². The van der Waals surface area contributed by atoms with Gasteiger partial charge in [-0.2, -0.15) is 0 Å². The number of guanidine groups is 1. The smallest absolute Gasteiger partial charge is 0.229 e. The first-order valence-electron chi connectivity index (χ1n) is 9.15. The van der Waals surface area contributed by atoms with Crippen LogP contribution in [-0.4, -0.2) is 48.1 Å². The lowest BCUT2D eigenvalue weighted by atomic mass is 10.1. The summed E-state index contributed by atoms with van der Waals surface area (Å²) in [6.45, 7) is 8.12. The summed E-state index contributed by atoms with van der Waals surface area (Å²) in [7, 11) is 3.12. The highest BCUT2D eigenvalue weighted by Crippen LogP contribution is 2.16. The van der Waals surface area contributed by atoms with Gasteiger partial charge in [-0.05, 0) is 63.2 Å². The fraction of sp³-hybridized carbons (Fsp3) is 0.400. The van der Waals surface area contributed by atoms with Crippen LogP contribution in [0.2, 0.25) is 0 Å². The molecule has 2 aromatic rings. The quantitative estimate of drug-likeness (QED) is 0.286. The van der Waals surface area contributed by atoms with Crippen molar-refractivity contribution in [3.8, 4) is 0 Å². The van der Waals surface area contributed by atoms with E-state index in [0.29, 0.717) is 17.0 Å². The van der Waals surface area contributed by atoms with Crippen molar-refractivity contribution in [2.45, 2.75) is 34.0 Å². The van der Waals surface area contributed by atoms with Crippen LogP contribution >= 0.6 is 12.2 Å². The Morgan fingerprint density at radius 1 is 1.03 bits per heavy atom. The topological polar surface area (TPSA) is 92.7 Å². The Labute approximate surface area is 177 Å². The van der Waals surface area contributed by atoms with Crippen LogP contribution in [0.5, 0.6) is 0 Å². The zero-order chi connectivity index (χ0) is 21.4. The summed E-state index contributed by atoms with van der Waals surface area (Å²) in [5.41, 5.74) is 4.85. The number of nitrogens with zero attached hydrogens (tertiary/aromatic N) is 3. The van der Waals surface area contributed by atoms with E-state index in [0.717, 1.165) is 28.2 Å². The Kier molecular flexibility index (Phi) is 8.44. The fourth-order valence-corrected chi connectivity index (χ4v) is 2.75. The predicted molar refractivity (Wildman–Crippen MR) is 121 cm³/mol. The van der Waals surface area contributed by atoms with Crippen LogP contribution in [0, 0.1) is 27.7 Å². The summed E-state index contributed by atoms with van der Waals surface area (Å²) in [5.74, 6) is 0.812. The normalized spacial score (nSPS) is 11.5. The van der Waals surface area contributed by atoms with Crippen molar-refractivity contribution in [2.24, 2.45) is 4.99 Å². The van der Waals surface area contributed by atoms with Gasteiger partial charge in [-0.15, -0.1) is 0 Å². The van der Waals surface area contributed by atoms with Gasteiger partial charge in [0.25, 0.3) is 0 Å². The first kappa shape index (κ1) is 22.7. The van der Waals surface area contributed by atoms with E-state index in [2.05, 4.69) is 37.0 Å². The largest absolute Gasteiger partial charge is 0.354 e. The molecule has 0 aliphatic carbocycles. The van der Waals surface area contributed by atoms with Crippen molar-refractivity contribution in [3.63, 3.8) is 0 Å². The van der Waals surface area contributed by atoms with E-state index < -0.39 is 6.29 Å². The van der Waals surface area contributed by atoms with E-state index in [1.54, 1.807) is 14.2 Å². The molecule has 0 saturated heterocycles. The van der Waals surface area contributed by atoms with Gasteiger partial charge in [-0.25, -0.2) is 15.0 Å². The van der Waals surface area contributed by atoms with Gasteiger partial charge in [0.05, 0.1) is 6.54 Å². The molecule has 1 heterocycles. The molecule has 29 heavy (non-hydrogen) atoms. The Hall–Kier alpha value is -2.62. The number of anilines is 2. The minimum atomic E-state index is -0.477. The third-order valence-electron chi connectivity index (χ3n) is 4.01. The second-order valence-corrected chi connectivity index (χ2v) is 7.00. The molecule has 9 heteroatoms. The molecule has 8 nitrogen and oxygen atoms in total. The monoisotopic (exact) mass is 416 g/mol. The van der Waals surface area contributed by atoms with Crippen molar-refractivity contribution in [1.82, 2.24) is 15.3 Å². The second-order valence-electron chi connectivity index (χ2n) is 6.59. The average Bonchev–Trinajstić information content (AvgIpc) is 2.64. The van der Waals surface area contributed by atoms with Crippen LogP contribution in [0.25, 0.3) is 0 Å². The molecule has 2 rings (SSSR count). The molecule has 0 bridgehead atoms. The minimum Gasteiger partial charge on any atom is -0.354 e. The number of nitrogens with one attached hydrogen (secondary N) is 3. The van der Waals surface area contributed by atoms with Gasteiger partial charge in [0, 0.05) is 31.3 Å². The zero-order valence-electron chi connectivity index (χ0n) is 17.7. The summed E-state index contributed by atoms with van der Waals surface area (Å²) < 4.78 is 10.4. The molecular formula is C20H28N6O2S. The Bertz CT molecular complexity index is 863. The number of rotatable bonds is 6. The minimum absolute atomic E-state index is 0.263. The summed E-state index contributed by atoms with van der Waals surface area (Å²) in [5, 5.41) is 9.75. The lowest BCUT2D eigenvalue weighted by Gasteiger charge is -2.17. The van der Waals surface area contributed by atoms with Crippen molar-refractivity contribution >= 4 is 34.9 Å².